The Morgan fingerprint density at radius 3 is 2.17 bits per heavy atom. The molecule has 18 heavy (non-hydrogen) atoms. The lowest BCUT2D eigenvalue weighted by Crippen LogP contribution is -2.18. The summed E-state index contributed by atoms with van der Waals surface area (Å²) >= 11 is 0. The van der Waals surface area contributed by atoms with Gasteiger partial charge >= 0.3 is 0 Å². The van der Waals surface area contributed by atoms with Crippen LogP contribution >= 0.6 is 0 Å². The Balaban J connectivity index is 2.56. The Morgan fingerprint density at radius 1 is 1.17 bits per heavy atom. The molecule has 1 aromatic carbocycles. The SMILES string of the molecule is COc1ccc(C(N)CC(C)CC(C)(C)C)cc1. The van der Waals surface area contributed by atoms with Crippen molar-refractivity contribution in [2.75, 3.05) is 7.11 Å². The van der Waals surface area contributed by atoms with Gasteiger partial charge in [-0.05, 0) is 41.9 Å². The summed E-state index contributed by atoms with van der Waals surface area (Å²) in [7, 11) is 1.68. The van der Waals surface area contributed by atoms with Gasteiger partial charge in [-0.3, -0.25) is 0 Å². The molecule has 0 aliphatic rings. The fourth-order valence-corrected chi connectivity index (χ4v) is 2.55. The number of nitrogens with two attached hydrogens (primary N) is 1. The van der Waals surface area contributed by atoms with Gasteiger partial charge in [-0.25, -0.2) is 0 Å². The van der Waals surface area contributed by atoms with E-state index in [0.29, 0.717) is 11.3 Å². The molecule has 1 rings (SSSR count). The van der Waals surface area contributed by atoms with E-state index in [1.165, 1.54) is 12.0 Å². The van der Waals surface area contributed by atoms with Gasteiger partial charge in [0.25, 0.3) is 0 Å². The Kier molecular flexibility index (Phi) is 5.21. The van der Waals surface area contributed by atoms with Crippen molar-refractivity contribution in [1.29, 1.82) is 0 Å². The number of hydrogen-bond acceptors (Lipinski definition) is 2. The average Bonchev–Trinajstić information content (AvgIpc) is 2.26. The van der Waals surface area contributed by atoms with Gasteiger partial charge in [0, 0.05) is 6.04 Å². The molecule has 0 aliphatic heterocycles. The molecule has 0 radical (unpaired) electrons. The summed E-state index contributed by atoms with van der Waals surface area (Å²) in [6.45, 7) is 9.13. The van der Waals surface area contributed by atoms with Crippen LogP contribution in [0.3, 0.4) is 0 Å². The standard InChI is InChI=1S/C16H27NO/c1-12(11-16(2,3)4)10-15(17)13-6-8-14(18-5)9-7-13/h6-9,12,15H,10-11,17H2,1-5H3. The second kappa shape index (κ2) is 6.24. The van der Waals surface area contributed by atoms with Crippen LogP contribution in [0, 0.1) is 11.3 Å². The number of methoxy groups -OCH3 is 1. The van der Waals surface area contributed by atoms with Crippen LogP contribution in [0.5, 0.6) is 5.75 Å². The summed E-state index contributed by atoms with van der Waals surface area (Å²) in [5.41, 5.74) is 7.83. The molecule has 0 fully saturated rings. The highest BCUT2D eigenvalue weighted by atomic mass is 16.5. The molecule has 2 heteroatoms. The monoisotopic (exact) mass is 249 g/mol. The Bertz CT molecular complexity index is 350. The molecule has 0 aromatic heterocycles. The maximum atomic E-state index is 6.27. The number of hydrogen-bond donors (Lipinski definition) is 1. The third-order valence-electron chi connectivity index (χ3n) is 3.16. The van der Waals surface area contributed by atoms with Gasteiger partial charge in [-0.1, -0.05) is 39.8 Å². The zero-order valence-electron chi connectivity index (χ0n) is 12.4. The van der Waals surface area contributed by atoms with Crippen molar-refractivity contribution < 1.29 is 4.74 Å². The van der Waals surface area contributed by atoms with Crippen LogP contribution in [0.15, 0.2) is 24.3 Å². The normalized spacial score (nSPS) is 15.2. The van der Waals surface area contributed by atoms with Crippen molar-refractivity contribution in [3.63, 3.8) is 0 Å². The lowest BCUT2D eigenvalue weighted by atomic mass is 9.82. The molecule has 1 aromatic rings. The molecule has 2 unspecified atom stereocenters. The molecule has 0 saturated carbocycles. The van der Waals surface area contributed by atoms with E-state index >= 15 is 0 Å². The van der Waals surface area contributed by atoms with Crippen LogP contribution in [-0.4, -0.2) is 7.11 Å². The lowest BCUT2D eigenvalue weighted by Gasteiger charge is -2.25. The molecule has 0 spiro atoms. The maximum Gasteiger partial charge on any atom is 0.118 e. The average molecular weight is 249 g/mol. The van der Waals surface area contributed by atoms with Crippen LogP contribution in [0.1, 0.15) is 52.1 Å². The number of rotatable bonds is 5. The Hall–Kier alpha value is -1.02. The second-order valence-electron chi connectivity index (χ2n) is 6.49. The molecular formula is C16H27NO. The van der Waals surface area contributed by atoms with Gasteiger partial charge in [0.1, 0.15) is 5.75 Å². The van der Waals surface area contributed by atoms with Gasteiger partial charge in [0.2, 0.25) is 0 Å². The molecule has 0 bridgehead atoms. The molecule has 2 nitrogen and oxygen atoms in total. The van der Waals surface area contributed by atoms with Crippen molar-refractivity contribution in [2.45, 2.75) is 46.6 Å². The molecule has 2 atom stereocenters. The summed E-state index contributed by atoms with van der Waals surface area (Å²) < 4.78 is 5.16. The van der Waals surface area contributed by atoms with Gasteiger partial charge in [0.05, 0.1) is 7.11 Å². The first kappa shape index (κ1) is 15.0. The maximum absolute atomic E-state index is 6.27. The van der Waals surface area contributed by atoms with Crippen molar-refractivity contribution in [2.24, 2.45) is 17.1 Å². The van der Waals surface area contributed by atoms with E-state index < -0.39 is 0 Å². The van der Waals surface area contributed by atoms with Crippen molar-refractivity contribution >= 4 is 0 Å². The topological polar surface area (TPSA) is 35.2 Å². The summed E-state index contributed by atoms with van der Waals surface area (Å²) in [6.07, 6.45) is 2.24. The predicted molar refractivity (Wildman–Crippen MR) is 77.8 cm³/mol. The molecular weight excluding hydrogens is 222 g/mol. The Morgan fingerprint density at radius 2 is 1.72 bits per heavy atom. The third-order valence-corrected chi connectivity index (χ3v) is 3.16. The lowest BCUT2D eigenvalue weighted by molar-refractivity contribution is 0.286. The van der Waals surface area contributed by atoms with Gasteiger partial charge in [-0.15, -0.1) is 0 Å². The first-order valence-corrected chi connectivity index (χ1v) is 6.71. The predicted octanol–water partition coefficient (Wildman–Crippen LogP) is 4.16. The van der Waals surface area contributed by atoms with Crippen LogP contribution in [0.25, 0.3) is 0 Å². The van der Waals surface area contributed by atoms with Crippen LogP contribution in [0.4, 0.5) is 0 Å². The van der Waals surface area contributed by atoms with E-state index in [1.54, 1.807) is 7.11 Å². The molecule has 0 aliphatic carbocycles. The largest absolute Gasteiger partial charge is 0.497 e. The third kappa shape index (κ3) is 5.09. The van der Waals surface area contributed by atoms with E-state index in [0.717, 1.165) is 12.2 Å². The minimum atomic E-state index is 0.119. The van der Waals surface area contributed by atoms with Crippen molar-refractivity contribution in [3.8, 4) is 5.75 Å². The fourth-order valence-electron chi connectivity index (χ4n) is 2.55. The molecule has 102 valence electrons. The second-order valence-corrected chi connectivity index (χ2v) is 6.49. The molecule has 0 amide bonds. The van der Waals surface area contributed by atoms with Gasteiger partial charge < -0.3 is 10.5 Å². The molecule has 0 saturated heterocycles. The van der Waals surface area contributed by atoms with E-state index in [2.05, 4.69) is 39.8 Å². The Labute approximate surface area is 112 Å². The van der Waals surface area contributed by atoms with E-state index in [-0.39, 0.29) is 6.04 Å². The van der Waals surface area contributed by atoms with Gasteiger partial charge in [0.15, 0.2) is 0 Å². The van der Waals surface area contributed by atoms with Crippen LogP contribution in [0.2, 0.25) is 0 Å². The minimum absolute atomic E-state index is 0.119. The van der Waals surface area contributed by atoms with Crippen LogP contribution in [-0.2, 0) is 0 Å². The first-order chi connectivity index (χ1) is 8.31. The highest BCUT2D eigenvalue weighted by molar-refractivity contribution is 5.28. The summed E-state index contributed by atoms with van der Waals surface area (Å²) in [6, 6.07) is 8.20. The summed E-state index contributed by atoms with van der Waals surface area (Å²) in [5, 5.41) is 0. The first-order valence-electron chi connectivity index (χ1n) is 6.71. The summed E-state index contributed by atoms with van der Waals surface area (Å²) in [5.74, 6) is 1.52. The number of ether oxygens (including phenoxy) is 1. The smallest absolute Gasteiger partial charge is 0.118 e. The van der Waals surface area contributed by atoms with E-state index in [4.69, 9.17) is 10.5 Å². The van der Waals surface area contributed by atoms with E-state index in [1.807, 2.05) is 12.1 Å². The van der Waals surface area contributed by atoms with Crippen molar-refractivity contribution in [3.05, 3.63) is 29.8 Å². The molecule has 2 N–H and O–H groups in total. The molecule has 0 heterocycles. The van der Waals surface area contributed by atoms with E-state index in [9.17, 15) is 0 Å². The van der Waals surface area contributed by atoms with Crippen molar-refractivity contribution in [1.82, 2.24) is 0 Å². The highest BCUT2D eigenvalue weighted by Crippen LogP contribution is 2.29. The van der Waals surface area contributed by atoms with Gasteiger partial charge in [-0.2, -0.15) is 0 Å². The fraction of sp³-hybridized carbons (Fsp3) is 0.625. The zero-order valence-corrected chi connectivity index (χ0v) is 12.4. The highest BCUT2D eigenvalue weighted by Gasteiger charge is 2.18. The zero-order chi connectivity index (χ0) is 13.8. The summed E-state index contributed by atoms with van der Waals surface area (Å²) in [4.78, 5) is 0. The number of benzene rings is 1. The van der Waals surface area contributed by atoms with Crippen LogP contribution < -0.4 is 10.5 Å². The quantitative estimate of drug-likeness (QED) is 0.850. The minimum Gasteiger partial charge on any atom is -0.497 e.